The maximum atomic E-state index is 12.0. The summed E-state index contributed by atoms with van der Waals surface area (Å²) in [6, 6.07) is -0.0817. The second-order valence-corrected chi connectivity index (χ2v) is 5.66. The second kappa shape index (κ2) is 7.28. The van der Waals surface area contributed by atoms with Crippen LogP contribution in [0.15, 0.2) is 12.5 Å². The van der Waals surface area contributed by atoms with Gasteiger partial charge >= 0.3 is 0 Å². The van der Waals surface area contributed by atoms with Crippen LogP contribution in [0.2, 0.25) is 0 Å². The Labute approximate surface area is 115 Å². The lowest BCUT2D eigenvalue weighted by atomic mass is 10.2. The minimum Gasteiger partial charge on any atom is -0.352 e. The molecule has 0 bridgehead atoms. The van der Waals surface area contributed by atoms with E-state index in [2.05, 4.69) is 29.5 Å². The third-order valence-electron chi connectivity index (χ3n) is 2.83. The van der Waals surface area contributed by atoms with E-state index in [0.29, 0.717) is 5.92 Å². The molecule has 0 saturated heterocycles. The molecule has 0 aliphatic rings. The SMILES string of the molecule is CC(C)CNCc1cncn1C(C)C(=O)NC(C)C. The summed E-state index contributed by atoms with van der Waals surface area (Å²) in [4.78, 5) is 16.2. The Bertz CT molecular complexity index is 398. The highest BCUT2D eigenvalue weighted by atomic mass is 16.2. The first-order valence-corrected chi connectivity index (χ1v) is 6.93. The number of aromatic nitrogens is 2. The predicted molar refractivity (Wildman–Crippen MR) is 76.8 cm³/mol. The van der Waals surface area contributed by atoms with Crippen LogP contribution in [0.3, 0.4) is 0 Å². The molecule has 0 aliphatic heterocycles. The maximum absolute atomic E-state index is 12.0. The zero-order valence-corrected chi connectivity index (χ0v) is 12.6. The zero-order chi connectivity index (χ0) is 14.4. The molecule has 1 unspecified atom stereocenters. The van der Waals surface area contributed by atoms with Crippen LogP contribution in [-0.4, -0.2) is 28.0 Å². The molecule has 108 valence electrons. The fourth-order valence-corrected chi connectivity index (χ4v) is 1.84. The summed E-state index contributed by atoms with van der Waals surface area (Å²) in [6.45, 7) is 11.8. The fraction of sp³-hybridized carbons (Fsp3) is 0.714. The number of carbonyl (C=O) groups excluding carboxylic acids is 1. The van der Waals surface area contributed by atoms with Crippen LogP contribution >= 0.6 is 0 Å². The van der Waals surface area contributed by atoms with Crippen molar-refractivity contribution in [2.45, 2.75) is 53.2 Å². The Hall–Kier alpha value is -1.36. The van der Waals surface area contributed by atoms with Crippen LogP contribution in [0.25, 0.3) is 0 Å². The van der Waals surface area contributed by atoms with Crippen LogP contribution in [0.4, 0.5) is 0 Å². The minimum atomic E-state index is -0.235. The first-order chi connectivity index (χ1) is 8.91. The van der Waals surface area contributed by atoms with Crippen LogP contribution < -0.4 is 10.6 Å². The van der Waals surface area contributed by atoms with E-state index in [4.69, 9.17) is 0 Å². The molecule has 1 amide bonds. The van der Waals surface area contributed by atoms with Crippen molar-refractivity contribution in [3.05, 3.63) is 18.2 Å². The average Bonchev–Trinajstić information content (AvgIpc) is 2.74. The molecule has 0 aliphatic carbocycles. The summed E-state index contributed by atoms with van der Waals surface area (Å²) in [6.07, 6.45) is 3.53. The smallest absolute Gasteiger partial charge is 0.243 e. The molecule has 0 fully saturated rings. The van der Waals surface area contributed by atoms with E-state index in [9.17, 15) is 4.79 Å². The normalized spacial score (nSPS) is 13.0. The molecule has 0 spiro atoms. The molecule has 1 atom stereocenters. The molecule has 1 aromatic heterocycles. The lowest BCUT2D eigenvalue weighted by molar-refractivity contribution is -0.124. The molecule has 1 aromatic rings. The largest absolute Gasteiger partial charge is 0.352 e. The predicted octanol–water partition coefficient (Wildman–Crippen LogP) is 1.71. The number of carbonyl (C=O) groups is 1. The average molecular weight is 266 g/mol. The Morgan fingerprint density at radius 2 is 2.00 bits per heavy atom. The van der Waals surface area contributed by atoms with Gasteiger partial charge in [0.05, 0.1) is 12.0 Å². The highest BCUT2D eigenvalue weighted by Gasteiger charge is 2.17. The van der Waals surface area contributed by atoms with E-state index in [-0.39, 0.29) is 18.0 Å². The standard InChI is InChI=1S/C14H26N4O/c1-10(2)6-15-7-13-8-16-9-18(13)12(5)14(19)17-11(3)4/h8-12,15H,6-7H2,1-5H3,(H,17,19). The van der Waals surface area contributed by atoms with Gasteiger partial charge in [-0.05, 0) is 33.2 Å². The van der Waals surface area contributed by atoms with E-state index >= 15 is 0 Å². The van der Waals surface area contributed by atoms with E-state index in [1.54, 1.807) is 6.33 Å². The van der Waals surface area contributed by atoms with Crippen LogP contribution in [-0.2, 0) is 11.3 Å². The number of imidazole rings is 1. The molecule has 1 heterocycles. The summed E-state index contributed by atoms with van der Waals surface area (Å²) in [7, 11) is 0. The summed E-state index contributed by atoms with van der Waals surface area (Å²) < 4.78 is 1.92. The van der Waals surface area contributed by atoms with Crippen molar-refractivity contribution in [2.75, 3.05) is 6.54 Å². The number of amides is 1. The topological polar surface area (TPSA) is 59.0 Å². The van der Waals surface area contributed by atoms with Crippen molar-refractivity contribution >= 4 is 5.91 Å². The van der Waals surface area contributed by atoms with Gasteiger partial charge in [-0.1, -0.05) is 13.8 Å². The van der Waals surface area contributed by atoms with Gasteiger partial charge in [0, 0.05) is 18.8 Å². The zero-order valence-electron chi connectivity index (χ0n) is 12.6. The fourth-order valence-electron chi connectivity index (χ4n) is 1.84. The number of hydrogen-bond acceptors (Lipinski definition) is 3. The Morgan fingerprint density at radius 1 is 1.32 bits per heavy atom. The Kier molecular flexibility index (Phi) is 6.02. The van der Waals surface area contributed by atoms with Gasteiger partial charge in [-0.3, -0.25) is 4.79 Å². The number of hydrogen-bond donors (Lipinski definition) is 2. The Balaban J connectivity index is 2.62. The molecular weight excluding hydrogens is 240 g/mol. The van der Waals surface area contributed by atoms with E-state index < -0.39 is 0 Å². The van der Waals surface area contributed by atoms with Crippen molar-refractivity contribution in [2.24, 2.45) is 5.92 Å². The monoisotopic (exact) mass is 266 g/mol. The minimum absolute atomic E-state index is 0.0260. The molecule has 0 radical (unpaired) electrons. The molecule has 5 heteroatoms. The van der Waals surface area contributed by atoms with Gasteiger partial charge in [0.1, 0.15) is 6.04 Å². The first kappa shape index (κ1) is 15.7. The van der Waals surface area contributed by atoms with Crippen molar-refractivity contribution in [3.8, 4) is 0 Å². The van der Waals surface area contributed by atoms with Crippen LogP contribution in [0, 0.1) is 5.92 Å². The quantitative estimate of drug-likeness (QED) is 0.790. The number of rotatable bonds is 7. The van der Waals surface area contributed by atoms with Gasteiger partial charge < -0.3 is 15.2 Å². The number of nitrogens with one attached hydrogen (secondary N) is 2. The van der Waals surface area contributed by atoms with E-state index in [1.807, 2.05) is 31.5 Å². The van der Waals surface area contributed by atoms with Crippen molar-refractivity contribution in [1.82, 2.24) is 20.2 Å². The highest BCUT2D eigenvalue weighted by Crippen LogP contribution is 2.10. The highest BCUT2D eigenvalue weighted by molar-refractivity contribution is 5.80. The van der Waals surface area contributed by atoms with Gasteiger partial charge in [0.2, 0.25) is 5.91 Å². The van der Waals surface area contributed by atoms with E-state index in [1.165, 1.54) is 0 Å². The van der Waals surface area contributed by atoms with Crippen molar-refractivity contribution in [1.29, 1.82) is 0 Å². The Morgan fingerprint density at radius 3 is 2.58 bits per heavy atom. The first-order valence-electron chi connectivity index (χ1n) is 6.93. The van der Waals surface area contributed by atoms with Gasteiger partial charge in [-0.15, -0.1) is 0 Å². The molecule has 0 saturated carbocycles. The van der Waals surface area contributed by atoms with Crippen molar-refractivity contribution in [3.63, 3.8) is 0 Å². The van der Waals surface area contributed by atoms with Gasteiger partial charge in [0.15, 0.2) is 0 Å². The molecular formula is C14H26N4O. The number of nitrogens with zero attached hydrogens (tertiary/aromatic N) is 2. The third kappa shape index (κ3) is 5.03. The van der Waals surface area contributed by atoms with Crippen LogP contribution in [0.1, 0.15) is 46.4 Å². The van der Waals surface area contributed by atoms with Gasteiger partial charge in [-0.2, -0.15) is 0 Å². The maximum Gasteiger partial charge on any atom is 0.243 e. The van der Waals surface area contributed by atoms with Crippen molar-refractivity contribution < 1.29 is 4.79 Å². The summed E-state index contributed by atoms with van der Waals surface area (Å²) in [5.74, 6) is 0.635. The summed E-state index contributed by atoms with van der Waals surface area (Å²) in [5.41, 5.74) is 1.03. The second-order valence-electron chi connectivity index (χ2n) is 5.66. The molecule has 1 rings (SSSR count). The molecule has 0 aromatic carbocycles. The summed E-state index contributed by atoms with van der Waals surface area (Å²) in [5, 5.41) is 6.29. The lowest BCUT2D eigenvalue weighted by Crippen LogP contribution is -2.36. The van der Waals surface area contributed by atoms with Gasteiger partial charge in [0.25, 0.3) is 0 Å². The molecule has 2 N–H and O–H groups in total. The molecule has 19 heavy (non-hydrogen) atoms. The van der Waals surface area contributed by atoms with E-state index in [0.717, 1.165) is 18.8 Å². The lowest BCUT2D eigenvalue weighted by Gasteiger charge is -2.18. The van der Waals surface area contributed by atoms with Gasteiger partial charge in [-0.25, -0.2) is 4.98 Å². The molecule has 5 nitrogen and oxygen atoms in total. The third-order valence-corrected chi connectivity index (χ3v) is 2.83. The summed E-state index contributed by atoms with van der Waals surface area (Å²) >= 11 is 0. The van der Waals surface area contributed by atoms with Crippen LogP contribution in [0.5, 0.6) is 0 Å².